The molecule has 0 spiro atoms. The second-order valence-electron chi connectivity index (χ2n) is 6.46. The molecule has 25 heavy (non-hydrogen) atoms. The van der Waals surface area contributed by atoms with Gasteiger partial charge >= 0.3 is 0 Å². The highest BCUT2D eigenvalue weighted by Crippen LogP contribution is 2.30. The number of morpholine rings is 1. The van der Waals surface area contributed by atoms with Crippen molar-refractivity contribution in [1.29, 1.82) is 0 Å². The molecule has 7 nitrogen and oxygen atoms in total. The molecule has 3 rings (SSSR count). The van der Waals surface area contributed by atoms with E-state index in [1.165, 1.54) is 0 Å². The Balaban J connectivity index is 1.40. The number of hydrogen-bond acceptors (Lipinski definition) is 5. The number of amides is 2. The van der Waals surface area contributed by atoms with Gasteiger partial charge in [-0.1, -0.05) is 6.07 Å². The van der Waals surface area contributed by atoms with Crippen LogP contribution in [-0.2, 0) is 14.3 Å². The van der Waals surface area contributed by atoms with Crippen LogP contribution >= 0.6 is 0 Å². The van der Waals surface area contributed by atoms with E-state index in [1.54, 1.807) is 0 Å². The lowest BCUT2D eigenvalue weighted by molar-refractivity contribution is -0.130. The predicted molar refractivity (Wildman–Crippen MR) is 93.7 cm³/mol. The van der Waals surface area contributed by atoms with Gasteiger partial charge in [0.15, 0.2) is 6.10 Å². The number of fused-ring (bicyclic) bond motifs is 1. The lowest BCUT2D eigenvalue weighted by Crippen LogP contribution is -2.41. The average Bonchev–Trinajstić information content (AvgIpc) is 2.60. The molecule has 2 N–H and O–H groups in total. The molecule has 0 unspecified atom stereocenters. The lowest BCUT2D eigenvalue weighted by atomic mass is 10.1. The first-order valence-electron chi connectivity index (χ1n) is 8.77. The fourth-order valence-corrected chi connectivity index (χ4v) is 2.99. The van der Waals surface area contributed by atoms with Gasteiger partial charge in [0.05, 0.1) is 25.3 Å². The maximum Gasteiger partial charge on any atom is 0.266 e. The van der Waals surface area contributed by atoms with Gasteiger partial charge in [-0.05, 0) is 37.6 Å². The monoisotopic (exact) mass is 347 g/mol. The number of benzene rings is 1. The SMILES string of the molecule is Cc1ccc2c(c1)NC(=O)[C@H](CC(=O)NCCCN1CCOCC1)O2. The lowest BCUT2D eigenvalue weighted by Gasteiger charge is -2.27. The summed E-state index contributed by atoms with van der Waals surface area (Å²) in [6.07, 6.45) is 0.122. The largest absolute Gasteiger partial charge is 0.478 e. The molecule has 0 saturated carbocycles. The van der Waals surface area contributed by atoms with Gasteiger partial charge in [-0.15, -0.1) is 0 Å². The van der Waals surface area contributed by atoms with Crippen molar-refractivity contribution in [3.05, 3.63) is 23.8 Å². The number of nitrogens with one attached hydrogen (secondary N) is 2. The summed E-state index contributed by atoms with van der Waals surface area (Å²) >= 11 is 0. The van der Waals surface area contributed by atoms with E-state index in [9.17, 15) is 9.59 Å². The minimum Gasteiger partial charge on any atom is -0.478 e. The van der Waals surface area contributed by atoms with Crippen LogP contribution < -0.4 is 15.4 Å². The summed E-state index contributed by atoms with van der Waals surface area (Å²) in [6, 6.07) is 5.59. The van der Waals surface area contributed by atoms with Gasteiger partial charge < -0.3 is 20.1 Å². The second-order valence-corrected chi connectivity index (χ2v) is 6.46. The molecule has 0 aromatic heterocycles. The Labute approximate surface area is 147 Å². The average molecular weight is 347 g/mol. The smallest absolute Gasteiger partial charge is 0.266 e. The summed E-state index contributed by atoms with van der Waals surface area (Å²) in [6.45, 7) is 6.94. The van der Waals surface area contributed by atoms with Gasteiger partial charge in [0.25, 0.3) is 5.91 Å². The van der Waals surface area contributed by atoms with Crippen molar-refractivity contribution in [1.82, 2.24) is 10.2 Å². The highest BCUT2D eigenvalue weighted by molar-refractivity contribution is 6.00. The van der Waals surface area contributed by atoms with E-state index in [1.807, 2.05) is 25.1 Å². The molecule has 2 aliphatic heterocycles. The summed E-state index contributed by atoms with van der Waals surface area (Å²) in [5.74, 6) is 0.162. The van der Waals surface area contributed by atoms with Crippen molar-refractivity contribution >= 4 is 17.5 Å². The van der Waals surface area contributed by atoms with Crippen molar-refractivity contribution in [3.8, 4) is 5.75 Å². The molecule has 7 heteroatoms. The molecule has 2 aliphatic rings. The van der Waals surface area contributed by atoms with Crippen LogP contribution in [-0.4, -0.2) is 62.2 Å². The Morgan fingerprint density at radius 2 is 2.16 bits per heavy atom. The highest BCUT2D eigenvalue weighted by atomic mass is 16.5. The molecule has 1 fully saturated rings. The summed E-state index contributed by atoms with van der Waals surface area (Å²) in [7, 11) is 0. The molecule has 1 atom stereocenters. The maximum absolute atomic E-state index is 12.1. The van der Waals surface area contributed by atoms with Crippen molar-refractivity contribution < 1.29 is 19.1 Å². The number of hydrogen-bond donors (Lipinski definition) is 2. The number of rotatable bonds is 6. The van der Waals surface area contributed by atoms with Gasteiger partial charge in [0.2, 0.25) is 5.91 Å². The number of aryl methyl sites for hydroxylation is 1. The molecule has 1 saturated heterocycles. The topological polar surface area (TPSA) is 79.9 Å². The van der Waals surface area contributed by atoms with Crippen molar-refractivity contribution in [3.63, 3.8) is 0 Å². The van der Waals surface area contributed by atoms with E-state index in [0.29, 0.717) is 18.0 Å². The second kappa shape index (κ2) is 8.31. The quantitative estimate of drug-likeness (QED) is 0.748. The third-order valence-electron chi connectivity index (χ3n) is 4.40. The molecule has 2 heterocycles. The maximum atomic E-state index is 12.1. The number of carbonyl (C=O) groups is 2. The Bertz CT molecular complexity index is 629. The van der Waals surface area contributed by atoms with E-state index < -0.39 is 6.10 Å². The molecular weight excluding hydrogens is 322 g/mol. The van der Waals surface area contributed by atoms with Gasteiger partial charge in [0.1, 0.15) is 5.75 Å². The van der Waals surface area contributed by atoms with Gasteiger partial charge in [-0.2, -0.15) is 0 Å². The van der Waals surface area contributed by atoms with Crippen LogP contribution in [0.2, 0.25) is 0 Å². The van der Waals surface area contributed by atoms with Crippen molar-refractivity contribution in [2.24, 2.45) is 0 Å². The molecule has 136 valence electrons. The number of anilines is 1. The van der Waals surface area contributed by atoms with Crippen molar-refractivity contribution in [2.45, 2.75) is 25.9 Å². The Morgan fingerprint density at radius 3 is 2.96 bits per heavy atom. The normalized spacial score (nSPS) is 20.4. The minimum atomic E-state index is -0.783. The Hall–Kier alpha value is -2.12. The highest BCUT2D eigenvalue weighted by Gasteiger charge is 2.29. The number of carbonyl (C=O) groups excluding carboxylic acids is 2. The molecule has 0 bridgehead atoms. The van der Waals surface area contributed by atoms with E-state index in [2.05, 4.69) is 15.5 Å². The van der Waals surface area contributed by atoms with Crippen LogP contribution in [0.5, 0.6) is 5.75 Å². The first kappa shape index (κ1) is 17.7. The zero-order valence-electron chi connectivity index (χ0n) is 14.5. The van der Waals surface area contributed by atoms with E-state index in [0.717, 1.165) is 44.8 Å². The fourth-order valence-electron chi connectivity index (χ4n) is 2.99. The molecule has 2 amide bonds. The minimum absolute atomic E-state index is 0.0245. The fraction of sp³-hybridized carbons (Fsp3) is 0.556. The summed E-state index contributed by atoms with van der Waals surface area (Å²) in [5.41, 5.74) is 1.70. The third kappa shape index (κ3) is 4.93. The standard InChI is InChI=1S/C18H25N3O4/c1-13-3-4-15-14(11-13)20-18(23)16(25-15)12-17(22)19-5-2-6-21-7-9-24-10-8-21/h3-4,11,16H,2,5-10,12H2,1H3,(H,19,22)(H,20,23)/t16-/m0/s1. The molecule has 0 aliphatic carbocycles. The molecule has 1 aromatic carbocycles. The zero-order chi connectivity index (χ0) is 17.6. The van der Waals surface area contributed by atoms with Gasteiger partial charge in [-0.3, -0.25) is 14.5 Å². The van der Waals surface area contributed by atoms with Gasteiger partial charge in [-0.25, -0.2) is 0 Å². The van der Waals surface area contributed by atoms with Gasteiger partial charge in [0, 0.05) is 19.6 Å². The van der Waals surface area contributed by atoms with Crippen LogP contribution in [0, 0.1) is 6.92 Å². The number of ether oxygens (including phenoxy) is 2. The molecule has 0 radical (unpaired) electrons. The predicted octanol–water partition coefficient (Wildman–Crippen LogP) is 0.923. The zero-order valence-corrected chi connectivity index (χ0v) is 14.5. The first-order chi connectivity index (χ1) is 12.1. The Morgan fingerprint density at radius 1 is 1.36 bits per heavy atom. The van der Waals surface area contributed by atoms with E-state index in [-0.39, 0.29) is 18.2 Å². The Kier molecular flexibility index (Phi) is 5.88. The van der Waals surface area contributed by atoms with Crippen LogP contribution in [0.1, 0.15) is 18.4 Å². The van der Waals surface area contributed by atoms with E-state index in [4.69, 9.17) is 9.47 Å². The molecular formula is C18H25N3O4. The van der Waals surface area contributed by atoms with E-state index >= 15 is 0 Å². The molecule has 1 aromatic rings. The van der Waals surface area contributed by atoms with Crippen LogP contribution in [0.4, 0.5) is 5.69 Å². The van der Waals surface area contributed by atoms with Crippen molar-refractivity contribution in [2.75, 3.05) is 44.7 Å². The van der Waals surface area contributed by atoms with Crippen LogP contribution in [0.3, 0.4) is 0 Å². The first-order valence-corrected chi connectivity index (χ1v) is 8.77. The summed E-state index contributed by atoms with van der Waals surface area (Å²) in [4.78, 5) is 26.5. The third-order valence-corrected chi connectivity index (χ3v) is 4.40. The number of nitrogens with zero attached hydrogens (tertiary/aromatic N) is 1. The van der Waals surface area contributed by atoms with Crippen LogP contribution in [0.15, 0.2) is 18.2 Å². The summed E-state index contributed by atoms with van der Waals surface area (Å²) < 4.78 is 11.0. The van der Waals surface area contributed by atoms with Crippen LogP contribution in [0.25, 0.3) is 0 Å². The summed E-state index contributed by atoms with van der Waals surface area (Å²) in [5, 5.41) is 5.67.